The Kier molecular flexibility index (Phi) is 8.73. The highest BCUT2D eigenvalue weighted by atomic mass is 32.1. The molecule has 1 atom stereocenters. The van der Waals surface area contributed by atoms with Crippen molar-refractivity contribution in [1.82, 2.24) is 20.3 Å². The lowest BCUT2D eigenvalue weighted by molar-refractivity contribution is -0.137. The molecule has 0 radical (unpaired) electrons. The topological polar surface area (TPSA) is 83.0 Å². The first-order chi connectivity index (χ1) is 17.8. The third kappa shape index (κ3) is 6.82. The molecule has 2 aromatic heterocycles. The lowest BCUT2D eigenvalue weighted by Gasteiger charge is -2.16. The Labute approximate surface area is 218 Å². The van der Waals surface area contributed by atoms with Crippen LogP contribution in [-0.4, -0.2) is 33.2 Å². The van der Waals surface area contributed by atoms with E-state index in [1.165, 1.54) is 12.1 Å². The monoisotopic (exact) mass is 529 g/mol. The molecule has 0 aliphatic heterocycles. The summed E-state index contributed by atoms with van der Waals surface area (Å²) in [6.07, 6.45) is -2.65. The third-order valence-electron chi connectivity index (χ3n) is 6.22. The Balaban J connectivity index is 1.53. The maximum atomic E-state index is 12.8. The second-order valence-electron chi connectivity index (χ2n) is 8.91. The van der Waals surface area contributed by atoms with Crippen molar-refractivity contribution in [3.63, 3.8) is 0 Å². The van der Waals surface area contributed by atoms with E-state index in [1.54, 1.807) is 11.3 Å². The molecule has 2 heterocycles. The largest absolute Gasteiger partial charge is 0.416 e. The lowest BCUT2D eigenvalue weighted by atomic mass is 10.0. The van der Waals surface area contributed by atoms with Crippen molar-refractivity contribution in [2.24, 2.45) is 5.92 Å². The Morgan fingerprint density at radius 1 is 1.00 bits per heavy atom. The van der Waals surface area contributed by atoms with Gasteiger partial charge < -0.3 is 15.7 Å². The molecule has 4 aromatic rings. The quantitative estimate of drug-likeness (QED) is 0.215. The van der Waals surface area contributed by atoms with Crippen LogP contribution in [-0.2, 0) is 19.3 Å². The van der Waals surface area contributed by atoms with Crippen molar-refractivity contribution < 1.29 is 18.3 Å². The van der Waals surface area contributed by atoms with E-state index in [1.807, 2.05) is 31.2 Å². The fourth-order valence-electron chi connectivity index (χ4n) is 4.02. The van der Waals surface area contributed by atoms with Crippen LogP contribution in [0.15, 0.2) is 48.5 Å². The Morgan fingerprint density at radius 3 is 2.43 bits per heavy atom. The molecule has 0 saturated heterocycles. The first-order valence-corrected chi connectivity index (χ1v) is 13.0. The normalized spacial score (nSPS) is 12.7. The minimum Gasteiger partial charge on any atom is -0.396 e. The molecule has 196 valence electrons. The second kappa shape index (κ2) is 12.0. The molecule has 3 N–H and O–H groups in total. The number of aromatic nitrogens is 3. The predicted octanol–water partition coefficient (Wildman–Crippen LogP) is 6.19. The minimum absolute atomic E-state index is 0.144. The molecule has 1 unspecified atom stereocenters. The van der Waals surface area contributed by atoms with Crippen LogP contribution >= 0.6 is 11.3 Å². The van der Waals surface area contributed by atoms with Gasteiger partial charge in [-0.05, 0) is 49.1 Å². The van der Waals surface area contributed by atoms with Gasteiger partial charge in [-0.2, -0.15) is 13.2 Å². The van der Waals surface area contributed by atoms with E-state index < -0.39 is 11.7 Å². The molecule has 0 aliphatic rings. The van der Waals surface area contributed by atoms with Gasteiger partial charge in [-0.15, -0.1) is 11.3 Å². The van der Waals surface area contributed by atoms with Crippen LogP contribution in [0.25, 0.3) is 20.8 Å². The van der Waals surface area contributed by atoms with E-state index in [0.717, 1.165) is 57.0 Å². The maximum Gasteiger partial charge on any atom is 0.416 e. The molecule has 0 aliphatic carbocycles. The number of benzene rings is 2. The van der Waals surface area contributed by atoms with Gasteiger partial charge in [0.05, 0.1) is 33.6 Å². The zero-order valence-electron chi connectivity index (χ0n) is 20.8. The van der Waals surface area contributed by atoms with Gasteiger partial charge >= 0.3 is 6.18 Å². The average Bonchev–Trinajstić information content (AvgIpc) is 3.30. The number of anilines is 1. The molecule has 0 spiro atoms. The van der Waals surface area contributed by atoms with Crippen molar-refractivity contribution >= 4 is 27.4 Å². The number of fused-ring (bicyclic) bond motifs is 1. The number of alkyl halides is 3. The summed E-state index contributed by atoms with van der Waals surface area (Å²) in [6, 6.07) is 13.1. The Morgan fingerprint density at radius 2 is 1.76 bits per heavy atom. The van der Waals surface area contributed by atoms with Crippen molar-refractivity contribution in [3.8, 4) is 10.6 Å². The van der Waals surface area contributed by atoms with E-state index in [-0.39, 0.29) is 12.5 Å². The molecule has 0 bridgehead atoms. The van der Waals surface area contributed by atoms with Gasteiger partial charge in [-0.1, -0.05) is 37.6 Å². The number of nitrogens with one attached hydrogen (secondary N) is 2. The number of nitrogens with zero attached hydrogens (tertiary/aromatic N) is 3. The zero-order valence-corrected chi connectivity index (χ0v) is 21.6. The molecule has 6 nitrogen and oxygen atoms in total. The maximum absolute atomic E-state index is 12.8. The van der Waals surface area contributed by atoms with Crippen molar-refractivity contribution in [2.75, 3.05) is 18.5 Å². The van der Waals surface area contributed by atoms with Gasteiger partial charge in [0.25, 0.3) is 0 Å². The second-order valence-corrected chi connectivity index (χ2v) is 9.94. The molecular weight excluding hydrogens is 499 g/mol. The fourth-order valence-corrected chi connectivity index (χ4v) is 5.09. The standard InChI is InChI=1S/C27H30F3N5OS/c1-3-18(16-36)12-13-32-25-24(26-34-21-6-4-5-7-22(21)37-26)17(2)33-23(35-25)15-31-14-19-8-10-20(11-9-19)27(28,29)30/h4-11,18,31,36H,3,12-16H2,1-2H3,(H,32,33,35). The number of thiazole rings is 1. The van der Waals surface area contributed by atoms with Gasteiger partial charge in [0.2, 0.25) is 0 Å². The first-order valence-electron chi connectivity index (χ1n) is 12.2. The number of rotatable bonds is 11. The number of aryl methyl sites for hydroxylation is 1. The number of aliphatic hydroxyl groups is 1. The van der Waals surface area contributed by atoms with E-state index >= 15 is 0 Å². The molecule has 0 saturated carbocycles. The summed E-state index contributed by atoms with van der Waals surface area (Å²) in [7, 11) is 0. The SMILES string of the molecule is CCC(CO)CCNc1nc(CNCc2ccc(C(F)(F)F)cc2)nc(C)c1-c1nc2ccccc2s1. The molecule has 37 heavy (non-hydrogen) atoms. The van der Waals surface area contributed by atoms with Crippen molar-refractivity contribution in [1.29, 1.82) is 0 Å². The summed E-state index contributed by atoms with van der Waals surface area (Å²) >= 11 is 1.58. The molecular formula is C27H30F3N5OS. The summed E-state index contributed by atoms with van der Waals surface area (Å²) in [5.41, 5.74) is 2.63. The van der Waals surface area contributed by atoms with Gasteiger partial charge in [0.1, 0.15) is 16.6 Å². The first kappa shape index (κ1) is 27.0. The highest BCUT2D eigenvalue weighted by molar-refractivity contribution is 7.21. The van der Waals surface area contributed by atoms with Crippen LogP contribution in [0.5, 0.6) is 0 Å². The van der Waals surface area contributed by atoms with E-state index in [9.17, 15) is 18.3 Å². The lowest BCUT2D eigenvalue weighted by Crippen LogP contribution is -2.18. The van der Waals surface area contributed by atoms with Gasteiger partial charge in [0.15, 0.2) is 0 Å². The van der Waals surface area contributed by atoms with Crippen molar-refractivity contribution in [2.45, 2.75) is 46.0 Å². The summed E-state index contributed by atoms with van der Waals surface area (Å²) in [6.45, 7) is 5.51. The van der Waals surface area contributed by atoms with Gasteiger partial charge in [0, 0.05) is 19.7 Å². The smallest absolute Gasteiger partial charge is 0.396 e. The molecule has 2 aromatic carbocycles. The van der Waals surface area contributed by atoms with Gasteiger partial charge in [-0.3, -0.25) is 0 Å². The van der Waals surface area contributed by atoms with Gasteiger partial charge in [-0.25, -0.2) is 15.0 Å². The van der Waals surface area contributed by atoms with E-state index in [0.29, 0.717) is 31.3 Å². The van der Waals surface area contributed by atoms with E-state index in [2.05, 4.69) is 17.6 Å². The summed E-state index contributed by atoms with van der Waals surface area (Å²) < 4.78 is 39.5. The highest BCUT2D eigenvalue weighted by Gasteiger charge is 2.29. The van der Waals surface area contributed by atoms with Crippen LogP contribution in [0.4, 0.5) is 19.0 Å². The molecule has 0 amide bonds. The number of hydrogen-bond donors (Lipinski definition) is 3. The average molecular weight is 530 g/mol. The van der Waals surface area contributed by atoms with E-state index in [4.69, 9.17) is 15.0 Å². The number of hydrogen-bond acceptors (Lipinski definition) is 7. The molecule has 10 heteroatoms. The zero-order chi connectivity index (χ0) is 26.4. The van der Waals surface area contributed by atoms with Crippen LogP contribution in [0, 0.1) is 12.8 Å². The predicted molar refractivity (Wildman–Crippen MR) is 141 cm³/mol. The number of aliphatic hydroxyl groups excluding tert-OH is 1. The van der Waals surface area contributed by atoms with Crippen LogP contribution in [0.3, 0.4) is 0 Å². The molecule has 4 rings (SSSR count). The van der Waals surface area contributed by atoms with Crippen LogP contribution in [0.1, 0.15) is 42.4 Å². The number of halogens is 3. The number of para-hydroxylation sites is 1. The fraction of sp³-hybridized carbons (Fsp3) is 0.370. The Bertz CT molecular complexity index is 1290. The summed E-state index contributed by atoms with van der Waals surface area (Å²) in [5.74, 6) is 1.47. The van der Waals surface area contributed by atoms with Crippen molar-refractivity contribution in [3.05, 3.63) is 71.2 Å². The summed E-state index contributed by atoms with van der Waals surface area (Å²) in [4.78, 5) is 14.3. The van der Waals surface area contributed by atoms with Crippen LogP contribution in [0.2, 0.25) is 0 Å². The molecule has 0 fully saturated rings. The highest BCUT2D eigenvalue weighted by Crippen LogP contribution is 2.35. The third-order valence-corrected chi connectivity index (χ3v) is 7.27. The minimum atomic E-state index is -4.35. The Hall–Kier alpha value is -3.08. The van der Waals surface area contributed by atoms with Crippen LogP contribution < -0.4 is 10.6 Å². The summed E-state index contributed by atoms with van der Waals surface area (Å²) in [5, 5.41) is 17.0.